The van der Waals surface area contributed by atoms with Crippen LogP contribution in [0.5, 0.6) is 0 Å². The van der Waals surface area contributed by atoms with Crippen molar-refractivity contribution < 1.29 is 19.2 Å². The molecule has 6 nitrogen and oxygen atoms in total. The first kappa shape index (κ1) is 19.9. The van der Waals surface area contributed by atoms with E-state index >= 15 is 0 Å². The highest BCUT2D eigenvalue weighted by molar-refractivity contribution is 6.20. The zero-order valence-electron chi connectivity index (χ0n) is 17.4. The van der Waals surface area contributed by atoms with Gasteiger partial charge in [0, 0.05) is 19.6 Å². The lowest BCUT2D eigenvalue weighted by atomic mass is 9.83. The number of carbonyl (C=O) groups is 3. The van der Waals surface area contributed by atoms with E-state index in [9.17, 15) is 14.4 Å². The van der Waals surface area contributed by atoms with Crippen LogP contribution in [0, 0.1) is 17.8 Å². The molecule has 2 aromatic rings. The molecule has 2 atom stereocenters. The molecule has 31 heavy (non-hydrogen) atoms. The van der Waals surface area contributed by atoms with E-state index in [2.05, 4.69) is 17.0 Å². The van der Waals surface area contributed by atoms with E-state index in [1.54, 1.807) is 24.3 Å². The molecule has 1 saturated carbocycles. The fraction of sp³-hybridized carbons (Fsp3) is 0.400. The Morgan fingerprint density at radius 1 is 0.871 bits per heavy atom. The predicted molar refractivity (Wildman–Crippen MR) is 114 cm³/mol. The van der Waals surface area contributed by atoms with Gasteiger partial charge in [0.25, 0.3) is 11.8 Å². The fourth-order valence-corrected chi connectivity index (χ4v) is 5.40. The molecule has 0 radical (unpaired) electrons. The summed E-state index contributed by atoms with van der Waals surface area (Å²) in [5.41, 5.74) is 1.77. The monoisotopic (exact) mass is 418 g/mol. The Bertz CT molecular complexity index is 965. The van der Waals surface area contributed by atoms with Crippen LogP contribution in [0.2, 0.25) is 0 Å². The summed E-state index contributed by atoms with van der Waals surface area (Å²) in [7, 11) is 0. The molecule has 0 bridgehead atoms. The number of hydrogen-bond acceptors (Lipinski definition) is 5. The molecule has 2 aromatic carbocycles. The minimum absolute atomic E-state index is 0.189. The Morgan fingerprint density at radius 3 is 2.13 bits per heavy atom. The number of amides is 2. The molecule has 6 heteroatoms. The third-order valence-electron chi connectivity index (χ3n) is 6.94. The zero-order chi connectivity index (χ0) is 21.4. The van der Waals surface area contributed by atoms with Gasteiger partial charge in [-0.25, -0.2) is 4.79 Å². The van der Waals surface area contributed by atoms with Crippen molar-refractivity contribution in [2.75, 3.05) is 13.1 Å². The summed E-state index contributed by atoms with van der Waals surface area (Å²) >= 11 is 0. The Morgan fingerprint density at radius 2 is 1.48 bits per heavy atom. The van der Waals surface area contributed by atoms with Gasteiger partial charge in [-0.2, -0.15) is 0 Å². The lowest BCUT2D eigenvalue weighted by Gasteiger charge is -2.24. The molecule has 2 amide bonds. The Kier molecular flexibility index (Phi) is 5.32. The zero-order valence-corrected chi connectivity index (χ0v) is 17.4. The van der Waals surface area contributed by atoms with E-state index in [0.717, 1.165) is 25.9 Å². The van der Waals surface area contributed by atoms with Gasteiger partial charge in [0.05, 0.1) is 17.0 Å². The molecule has 0 spiro atoms. The predicted octanol–water partition coefficient (Wildman–Crippen LogP) is 3.68. The summed E-state index contributed by atoms with van der Waals surface area (Å²) in [6, 6.07) is 16.8. The van der Waals surface area contributed by atoms with Crippen molar-refractivity contribution >= 4 is 17.8 Å². The maximum atomic E-state index is 13.2. The van der Waals surface area contributed by atoms with Crippen LogP contribution in [-0.4, -0.2) is 40.8 Å². The second kappa shape index (κ2) is 8.27. The van der Waals surface area contributed by atoms with Crippen LogP contribution in [0.25, 0.3) is 0 Å². The van der Waals surface area contributed by atoms with Crippen LogP contribution in [0.3, 0.4) is 0 Å². The highest BCUT2D eigenvalue weighted by Gasteiger charge is 2.46. The van der Waals surface area contributed by atoms with Crippen LogP contribution < -0.4 is 0 Å². The average Bonchev–Trinajstić information content (AvgIpc) is 3.51. The highest BCUT2D eigenvalue weighted by atomic mass is 16.7. The third kappa shape index (κ3) is 3.76. The topological polar surface area (TPSA) is 66.9 Å². The largest absolute Gasteiger partial charge is 0.337 e. The number of nitrogens with zero attached hydrogens (tertiary/aromatic N) is 2. The number of rotatable bonds is 5. The SMILES string of the molecule is O=C(ON1C(=O)c2ccccc2C1=O)[C@@H]1CN(Cc2ccccc2)C[C@H]1C1CCCC1. The fourth-order valence-electron chi connectivity index (χ4n) is 5.40. The van der Waals surface area contributed by atoms with Crippen LogP contribution in [0.4, 0.5) is 0 Å². The summed E-state index contributed by atoms with van der Waals surface area (Å²) in [5, 5.41) is 0.651. The molecule has 0 unspecified atom stereocenters. The number of imide groups is 1. The lowest BCUT2D eigenvalue weighted by Crippen LogP contribution is -2.38. The van der Waals surface area contributed by atoms with Crippen LogP contribution in [-0.2, 0) is 16.2 Å². The quantitative estimate of drug-likeness (QED) is 0.693. The van der Waals surface area contributed by atoms with Crippen molar-refractivity contribution in [3.8, 4) is 0 Å². The minimum Gasteiger partial charge on any atom is -0.329 e. The molecule has 2 heterocycles. The molecule has 0 aromatic heterocycles. The maximum absolute atomic E-state index is 13.2. The lowest BCUT2D eigenvalue weighted by molar-refractivity contribution is -0.175. The summed E-state index contributed by atoms with van der Waals surface area (Å²) in [4.78, 5) is 46.2. The van der Waals surface area contributed by atoms with E-state index in [4.69, 9.17) is 4.84 Å². The Hall–Kier alpha value is -2.99. The third-order valence-corrected chi connectivity index (χ3v) is 6.94. The van der Waals surface area contributed by atoms with Crippen molar-refractivity contribution in [3.05, 3.63) is 71.3 Å². The molecule has 160 valence electrons. The van der Waals surface area contributed by atoms with E-state index in [-0.39, 0.29) is 23.0 Å². The molecule has 2 fully saturated rings. The minimum atomic E-state index is -0.564. The number of benzene rings is 2. The number of hydrogen-bond donors (Lipinski definition) is 0. The van der Waals surface area contributed by atoms with E-state index < -0.39 is 17.8 Å². The first-order chi connectivity index (χ1) is 15.1. The molecule has 1 aliphatic carbocycles. The van der Waals surface area contributed by atoms with Crippen LogP contribution >= 0.6 is 0 Å². The second-order valence-electron chi connectivity index (χ2n) is 8.86. The first-order valence-electron chi connectivity index (χ1n) is 11.1. The molecule has 3 aliphatic rings. The molecular weight excluding hydrogens is 392 g/mol. The number of fused-ring (bicyclic) bond motifs is 1. The first-order valence-corrected chi connectivity index (χ1v) is 11.1. The molecule has 5 rings (SSSR count). The van der Waals surface area contributed by atoms with Gasteiger partial charge in [0.15, 0.2) is 0 Å². The van der Waals surface area contributed by atoms with E-state index in [1.165, 1.54) is 18.4 Å². The molecule has 2 aliphatic heterocycles. The Balaban J connectivity index is 1.32. The van der Waals surface area contributed by atoms with Gasteiger partial charge in [0.1, 0.15) is 0 Å². The Labute approximate surface area is 181 Å². The van der Waals surface area contributed by atoms with Crippen molar-refractivity contribution in [3.63, 3.8) is 0 Å². The molecule has 0 N–H and O–H groups in total. The molecular formula is C25H26N2O4. The van der Waals surface area contributed by atoms with Gasteiger partial charge in [-0.1, -0.05) is 73.2 Å². The van der Waals surface area contributed by atoms with Crippen molar-refractivity contribution in [1.29, 1.82) is 0 Å². The van der Waals surface area contributed by atoms with E-state index in [0.29, 0.717) is 17.5 Å². The summed E-state index contributed by atoms with van der Waals surface area (Å²) in [6.45, 7) is 2.19. The van der Waals surface area contributed by atoms with Gasteiger partial charge in [-0.3, -0.25) is 14.5 Å². The highest BCUT2D eigenvalue weighted by Crippen LogP contribution is 2.40. The average molecular weight is 418 g/mol. The van der Waals surface area contributed by atoms with Gasteiger partial charge < -0.3 is 4.84 Å². The van der Waals surface area contributed by atoms with Crippen LogP contribution in [0.15, 0.2) is 54.6 Å². The van der Waals surface area contributed by atoms with Crippen molar-refractivity contribution in [2.45, 2.75) is 32.2 Å². The van der Waals surface area contributed by atoms with Crippen molar-refractivity contribution in [1.82, 2.24) is 9.96 Å². The normalized spacial score (nSPS) is 24.1. The number of hydroxylamine groups is 2. The summed E-state index contributed by atoms with van der Waals surface area (Å²) < 4.78 is 0. The molecule has 1 saturated heterocycles. The van der Waals surface area contributed by atoms with Gasteiger partial charge in [-0.15, -0.1) is 0 Å². The van der Waals surface area contributed by atoms with Gasteiger partial charge in [0.2, 0.25) is 0 Å². The summed E-state index contributed by atoms with van der Waals surface area (Å²) in [6.07, 6.45) is 4.64. The van der Waals surface area contributed by atoms with Gasteiger partial charge in [-0.05, 0) is 29.5 Å². The summed E-state index contributed by atoms with van der Waals surface area (Å²) in [5.74, 6) is -1.26. The van der Waals surface area contributed by atoms with Gasteiger partial charge >= 0.3 is 5.97 Å². The second-order valence-corrected chi connectivity index (χ2v) is 8.86. The standard InChI is InChI=1S/C25H26N2O4/c28-23-19-12-6-7-13-20(19)24(29)27(23)31-25(30)22-16-26(14-17-8-2-1-3-9-17)15-21(22)18-10-4-5-11-18/h1-3,6-9,12-13,18,21-22H,4-5,10-11,14-16H2/t21-,22+/m0/s1. The maximum Gasteiger partial charge on any atom is 0.337 e. The van der Waals surface area contributed by atoms with E-state index in [1.807, 2.05) is 18.2 Å². The van der Waals surface area contributed by atoms with Crippen molar-refractivity contribution in [2.24, 2.45) is 17.8 Å². The van der Waals surface area contributed by atoms with Crippen LogP contribution in [0.1, 0.15) is 52.0 Å². The number of carbonyl (C=O) groups excluding carboxylic acids is 3. The number of likely N-dealkylation sites (tertiary alicyclic amines) is 1. The smallest absolute Gasteiger partial charge is 0.329 e.